The van der Waals surface area contributed by atoms with Crippen LogP contribution in [0.25, 0.3) is 0 Å². The number of likely N-dealkylation sites (tertiary alicyclic amines) is 1. The molecule has 0 aromatic carbocycles. The van der Waals surface area contributed by atoms with Crippen LogP contribution in [0, 0.1) is 5.92 Å². The normalized spacial score (nSPS) is 36.2. The average molecular weight is 267 g/mol. The van der Waals surface area contributed by atoms with Gasteiger partial charge in [0.25, 0.3) is 0 Å². The lowest BCUT2D eigenvalue weighted by molar-refractivity contribution is -0.139. The van der Waals surface area contributed by atoms with Crippen molar-refractivity contribution in [2.75, 3.05) is 13.6 Å². The molecule has 0 aromatic heterocycles. The molecule has 2 fully saturated rings. The molecule has 19 heavy (non-hydrogen) atoms. The van der Waals surface area contributed by atoms with E-state index < -0.39 is 5.54 Å². The number of amides is 2. The number of piperidine rings is 1. The Kier molecular flexibility index (Phi) is 4.13. The van der Waals surface area contributed by atoms with Crippen LogP contribution in [0.4, 0.5) is 0 Å². The molecular formula is C14H25N3O2. The molecule has 2 aliphatic rings. The van der Waals surface area contributed by atoms with Gasteiger partial charge in [0.05, 0.1) is 5.92 Å². The summed E-state index contributed by atoms with van der Waals surface area (Å²) in [5, 5.41) is 2.91. The number of carbonyl (C=O) groups is 2. The highest BCUT2D eigenvalue weighted by molar-refractivity contribution is 5.89. The number of rotatable bonds is 2. The predicted octanol–water partition coefficient (Wildman–Crippen LogP) is 0.631. The lowest BCUT2D eigenvalue weighted by atomic mass is 9.74. The Hall–Kier alpha value is -1.10. The highest BCUT2D eigenvalue weighted by Gasteiger charge is 2.39. The molecule has 0 spiro atoms. The molecule has 3 N–H and O–H groups in total. The van der Waals surface area contributed by atoms with Crippen LogP contribution >= 0.6 is 0 Å². The fraction of sp³-hybridized carbons (Fsp3) is 0.857. The summed E-state index contributed by atoms with van der Waals surface area (Å²) in [6, 6.07) is -0.357. The summed E-state index contributed by atoms with van der Waals surface area (Å²) in [6.45, 7) is 2.73. The molecule has 1 saturated carbocycles. The molecular weight excluding hydrogens is 242 g/mol. The van der Waals surface area contributed by atoms with Crippen LogP contribution < -0.4 is 11.1 Å². The van der Waals surface area contributed by atoms with Gasteiger partial charge in [-0.3, -0.25) is 9.59 Å². The second-order valence-electron chi connectivity index (χ2n) is 6.27. The maximum atomic E-state index is 12.4. The van der Waals surface area contributed by atoms with Crippen LogP contribution in [0.3, 0.4) is 0 Å². The van der Waals surface area contributed by atoms with Crippen LogP contribution in [0.15, 0.2) is 0 Å². The van der Waals surface area contributed by atoms with Gasteiger partial charge in [0.2, 0.25) is 11.8 Å². The summed E-state index contributed by atoms with van der Waals surface area (Å²) >= 11 is 0. The molecule has 3 atom stereocenters. The zero-order chi connectivity index (χ0) is 14.0. The molecule has 1 saturated heterocycles. The van der Waals surface area contributed by atoms with Crippen molar-refractivity contribution in [2.24, 2.45) is 11.7 Å². The first-order chi connectivity index (χ1) is 8.92. The average Bonchev–Trinajstić information content (AvgIpc) is 2.34. The number of likely N-dealkylation sites (N-methyl/N-ethyl adjacent to an activating group) is 1. The molecule has 0 aromatic rings. The molecule has 1 aliphatic carbocycles. The van der Waals surface area contributed by atoms with Crippen molar-refractivity contribution in [1.29, 1.82) is 0 Å². The summed E-state index contributed by atoms with van der Waals surface area (Å²) in [5.41, 5.74) is 5.80. The highest BCUT2D eigenvalue weighted by atomic mass is 16.2. The molecule has 1 aliphatic heterocycles. The highest BCUT2D eigenvalue weighted by Crippen LogP contribution is 2.31. The summed E-state index contributed by atoms with van der Waals surface area (Å²) < 4.78 is 0. The molecule has 2 rings (SSSR count). The minimum atomic E-state index is -0.439. The maximum Gasteiger partial charge on any atom is 0.244 e. The lowest BCUT2D eigenvalue weighted by Gasteiger charge is -2.38. The van der Waals surface area contributed by atoms with Crippen molar-refractivity contribution in [2.45, 2.75) is 57.0 Å². The van der Waals surface area contributed by atoms with E-state index in [-0.39, 0.29) is 23.8 Å². The number of hydrogen-bond donors (Lipinski definition) is 2. The first-order valence-corrected chi connectivity index (χ1v) is 7.26. The molecule has 5 heteroatoms. The van der Waals surface area contributed by atoms with Crippen molar-refractivity contribution in [1.82, 2.24) is 10.2 Å². The largest absolute Gasteiger partial charge is 0.344 e. The Morgan fingerprint density at radius 2 is 2.11 bits per heavy atom. The molecule has 0 radical (unpaired) electrons. The topological polar surface area (TPSA) is 75.4 Å². The monoisotopic (exact) mass is 267 g/mol. The van der Waals surface area contributed by atoms with Gasteiger partial charge < -0.3 is 16.0 Å². The molecule has 108 valence electrons. The number of nitrogens with one attached hydrogen (secondary N) is 1. The van der Waals surface area contributed by atoms with Gasteiger partial charge in [-0.15, -0.1) is 0 Å². The summed E-state index contributed by atoms with van der Waals surface area (Å²) in [6.07, 6.45) is 5.52. The van der Waals surface area contributed by atoms with Gasteiger partial charge in [-0.05, 0) is 32.6 Å². The second-order valence-corrected chi connectivity index (χ2v) is 6.27. The third-order valence-corrected chi connectivity index (χ3v) is 4.55. The van der Waals surface area contributed by atoms with E-state index in [1.54, 1.807) is 11.9 Å². The fourth-order valence-electron chi connectivity index (χ4n) is 3.23. The Labute approximate surface area is 114 Å². The van der Waals surface area contributed by atoms with Crippen LogP contribution in [-0.4, -0.2) is 41.9 Å². The van der Waals surface area contributed by atoms with Crippen molar-refractivity contribution >= 4 is 11.8 Å². The van der Waals surface area contributed by atoms with Gasteiger partial charge in [-0.2, -0.15) is 0 Å². The standard InChI is InChI=1S/C14H25N3O2/c1-14(15)8-4-3-6-10(14)12(18)16-11-7-5-9-17(2)13(11)19/h10-11H,3-9,15H2,1-2H3,(H,16,18). The third-order valence-electron chi connectivity index (χ3n) is 4.55. The summed E-state index contributed by atoms with van der Waals surface area (Å²) in [5.74, 6) is -0.186. The third kappa shape index (κ3) is 3.08. The number of carbonyl (C=O) groups excluding carboxylic acids is 2. The van der Waals surface area contributed by atoms with E-state index in [1.807, 2.05) is 6.92 Å². The van der Waals surface area contributed by atoms with E-state index in [0.717, 1.165) is 45.1 Å². The number of nitrogens with two attached hydrogens (primary N) is 1. The van der Waals surface area contributed by atoms with Crippen molar-refractivity contribution in [3.63, 3.8) is 0 Å². The van der Waals surface area contributed by atoms with Crippen LogP contribution in [0.5, 0.6) is 0 Å². The zero-order valence-electron chi connectivity index (χ0n) is 11.9. The number of nitrogens with zero attached hydrogens (tertiary/aromatic N) is 1. The molecule has 5 nitrogen and oxygen atoms in total. The maximum absolute atomic E-state index is 12.4. The van der Waals surface area contributed by atoms with Crippen molar-refractivity contribution in [3.05, 3.63) is 0 Å². The van der Waals surface area contributed by atoms with Crippen LogP contribution in [0.1, 0.15) is 45.4 Å². The Bertz CT molecular complexity index is 368. The first-order valence-electron chi connectivity index (χ1n) is 7.26. The van der Waals surface area contributed by atoms with Crippen molar-refractivity contribution < 1.29 is 9.59 Å². The predicted molar refractivity (Wildman–Crippen MR) is 73.4 cm³/mol. The molecule has 3 unspecified atom stereocenters. The summed E-state index contributed by atoms with van der Waals surface area (Å²) in [7, 11) is 1.79. The first kappa shape index (κ1) is 14.3. The summed E-state index contributed by atoms with van der Waals surface area (Å²) in [4.78, 5) is 26.0. The van der Waals surface area contributed by atoms with E-state index in [0.29, 0.717) is 0 Å². The Morgan fingerprint density at radius 3 is 2.79 bits per heavy atom. The smallest absolute Gasteiger partial charge is 0.244 e. The lowest BCUT2D eigenvalue weighted by Crippen LogP contribution is -2.57. The number of hydrogen-bond acceptors (Lipinski definition) is 3. The van der Waals surface area contributed by atoms with Gasteiger partial charge >= 0.3 is 0 Å². The minimum Gasteiger partial charge on any atom is -0.344 e. The van der Waals surface area contributed by atoms with E-state index in [9.17, 15) is 9.59 Å². The van der Waals surface area contributed by atoms with E-state index in [2.05, 4.69) is 5.32 Å². The van der Waals surface area contributed by atoms with E-state index in [1.165, 1.54) is 0 Å². The van der Waals surface area contributed by atoms with Gasteiger partial charge in [-0.25, -0.2) is 0 Å². The SMILES string of the molecule is CN1CCCC(NC(=O)C2CCCCC2(C)N)C1=O. The fourth-order valence-corrected chi connectivity index (χ4v) is 3.23. The van der Waals surface area contributed by atoms with Crippen molar-refractivity contribution in [3.8, 4) is 0 Å². The molecule has 0 bridgehead atoms. The van der Waals surface area contributed by atoms with Gasteiger partial charge in [0, 0.05) is 19.1 Å². The molecule has 2 amide bonds. The van der Waals surface area contributed by atoms with Gasteiger partial charge in [-0.1, -0.05) is 12.8 Å². The second kappa shape index (κ2) is 5.49. The van der Waals surface area contributed by atoms with E-state index >= 15 is 0 Å². The van der Waals surface area contributed by atoms with Crippen LogP contribution in [0.2, 0.25) is 0 Å². The van der Waals surface area contributed by atoms with E-state index in [4.69, 9.17) is 5.73 Å². The Morgan fingerprint density at radius 1 is 1.37 bits per heavy atom. The van der Waals surface area contributed by atoms with Gasteiger partial charge in [0.1, 0.15) is 6.04 Å². The van der Waals surface area contributed by atoms with Crippen LogP contribution in [-0.2, 0) is 9.59 Å². The zero-order valence-corrected chi connectivity index (χ0v) is 11.9. The minimum absolute atomic E-state index is 0.0223. The van der Waals surface area contributed by atoms with Gasteiger partial charge in [0.15, 0.2) is 0 Å². The Balaban J connectivity index is 1.98. The quantitative estimate of drug-likeness (QED) is 0.770. The molecule has 1 heterocycles.